The summed E-state index contributed by atoms with van der Waals surface area (Å²) in [4.78, 5) is 0.266. The van der Waals surface area contributed by atoms with Crippen LogP contribution >= 0.6 is 0 Å². The Balaban J connectivity index is 1.88. The van der Waals surface area contributed by atoms with E-state index in [4.69, 9.17) is 4.74 Å². The minimum Gasteiger partial charge on any atom is -0.377 e. The first-order valence-corrected chi connectivity index (χ1v) is 9.06. The van der Waals surface area contributed by atoms with E-state index in [-0.39, 0.29) is 17.0 Å². The zero-order chi connectivity index (χ0) is 15.7. The van der Waals surface area contributed by atoms with Crippen LogP contribution in [0, 0.1) is 0 Å². The van der Waals surface area contributed by atoms with Gasteiger partial charge in [0.1, 0.15) is 0 Å². The summed E-state index contributed by atoms with van der Waals surface area (Å²) in [6, 6.07) is 7.09. The highest BCUT2D eigenvalue weighted by Gasteiger charge is 2.24. The number of aromatic nitrogens is 2. The van der Waals surface area contributed by atoms with Gasteiger partial charge >= 0.3 is 0 Å². The van der Waals surface area contributed by atoms with E-state index in [1.165, 1.54) is 6.26 Å². The van der Waals surface area contributed by atoms with Gasteiger partial charge in [0.15, 0.2) is 9.84 Å². The zero-order valence-electron chi connectivity index (χ0n) is 12.6. The third kappa shape index (κ3) is 3.00. The highest BCUT2D eigenvalue weighted by atomic mass is 32.2. The van der Waals surface area contributed by atoms with Gasteiger partial charge in [0.25, 0.3) is 0 Å². The van der Waals surface area contributed by atoms with Crippen LogP contribution in [0.1, 0.15) is 13.3 Å². The standard InChI is InChI=1S/C15H19N3O3S/c1-11-13(7-8-21-11)17-12-9-16-18(10-12)14-5-3-4-6-15(14)22(2,19)20/h3-6,9-11,13,17H,7-8H2,1-2H3/t11-,13-/m1/s1. The third-order valence-corrected chi connectivity index (χ3v) is 4.97. The maximum Gasteiger partial charge on any atom is 0.177 e. The Labute approximate surface area is 130 Å². The Bertz CT molecular complexity index is 770. The maximum atomic E-state index is 11.9. The van der Waals surface area contributed by atoms with E-state index in [1.807, 2.05) is 6.92 Å². The SMILES string of the molecule is C[C@H]1OCC[C@H]1Nc1cnn(-c2ccccc2S(C)(=O)=O)c1. The first kappa shape index (κ1) is 15.1. The van der Waals surface area contributed by atoms with E-state index < -0.39 is 9.84 Å². The number of para-hydroxylation sites is 1. The molecule has 1 saturated heterocycles. The fourth-order valence-electron chi connectivity index (χ4n) is 2.62. The Morgan fingerprint density at radius 1 is 1.36 bits per heavy atom. The number of anilines is 1. The van der Waals surface area contributed by atoms with Crippen molar-refractivity contribution >= 4 is 15.5 Å². The number of hydrogen-bond acceptors (Lipinski definition) is 5. The highest BCUT2D eigenvalue weighted by Crippen LogP contribution is 2.22. The average molecular weight is 321 g/mol. The molecule has 2 atom stereocenters. The summed E-state index contributed by atoms with van der Waals surface area (Å²) < 4.78 is 30.9. The van der Waals surface area contributed by atoms with Gasteiger partial charge in [-0.05, 0) is 25.5 Å². The van der Waals surface area contributed by atoms with Crippen molar-refractivity contribution in [3.63, 3.8) is 0 Å². The number of sulfone groups is 1. The van der Waals surface area contributed by atoms with Gasteiger partial charge in [-0.2, -0.15) is 5.10 Å². The molecule has 1 N–H and O–H groups in total. The lowest BCUT2D eigenvalue weighted by Crippen LogP contribution is -2.26. The maximum absolute atomic E-state index is 11.9. The topological polar surface area (TPSA) is 73.2 Å². The van der Waals surface area contributed by atoms with Crippen LogP contribution in [-0.4, -0.2) is 43.2 Å². The molecule has 3 rings (SSSR count). The minimum atomic E-state index is -3.30. The fraction of sp³-hybridized carbons (Fsp3) is 0.400. The van der Waals surface area contributed by atoms with Crippen molar-refractivity contribution in [2.45, 2.75) is 30.4 Å². The molecule has 0 spiro atoms. The first-order valence-electron chi connectivity index (χ1n) is 7.17. The molecule has 118 valence electrons. The van der Waals surface area contributed by atoms with Gasteiger partial charge in [0.05, 0.1) is 40.8 Å². The van der Waals surface area contributed by atoms with Crippen LogP contribution in [0.15, 0.2) is 41.6 Å². The molecule has 1 fully saturated rings. The molecule has 2 aromatic rings. The number of nitrogens with zero attached hydrogens (tertiary/aromatic N) is 2. The second-order valence-corrected chi connectivity index (χ2v) is 7.51. The molecule has 7 heteroatoms. The van der Waals surface area contributed by atoms with E-state index >= 15 is 0 Å². The number of ether oxygens (including phenoxy) is 1. The summed E-state index contributed by atoms with van der Waals surface area (Å²) in [6.45, 7) is 2.79. The van der Waals surface area contributed by atoms with E-state index in [9.17, 15) is 8.42 Å². The number of nitrogens with one attached hydrogen (secondary N) is 1. The fourth-order valence-corrected chi connectivity index (χ4v) is 3.49. The van der Waals surface area contributed by atoms with Gasteiger partial charge < -0.3 is 10.1 Å². The first-order chi connectivity index (χ1) is 10.4. The number of benzene rings is 1. The van der Waals surface area contributed by atoms with Crippen LogP contribution in [0.4, 0.5) is 5.69 Å². The second-order valence-electron chi connectivity index (χ2n) is 5.53. The van der Waals surface area contributed by atoms with Crippen LogP contribution in [0.2, 0.25) is 0 Å². The van der Waals surface area contributed by atoms with Crippen LogP contribution in [0.5, 0.6) is 0 Å². The average Bonchev–Trinajstić information content (AvgIpc) is 3.09. The van der Waals surface area contributed by atoms with Crippen LogP contribution < -0.4 is 5.32 Å². The summed E-state index contributed by atoms with van der Waals surface area (Å²) in [6.07, 6.45) is 5.81. The van der Waals surface area contributed by atoms with Crippen molar-refractivity contribution in [2.75, 3.05) is 18.2 Å². The van der Waals surface area contributed by atoms with E-state index in [1.54, 1.807) is 41.3 Å². The normalized spacial score (nSPS) is 21.9. The monoisotopic (exact) mass is 321 g/mol. The number of rotatable bonds is 4. The van der Waals surface area contributed by atoms with Crippen LogP contribution in [-0.2, 0) is 14.6 Å². The Morgan fingerprint density at radius 2 is 2.14 bits per heavy atom. The van der Waals surface area contributed by atoms with Crippen molar-refractivity contribution in [3.05, 3.63) is 36.7 Å². The molecule has 0 aliphatic carbocycles. The zero-order valence-corrected chi connectivity index (χ0v) is 13.4. The molecule has 1 aromatic heterocycles. The smallest absolute Gasteiger partial charge is 0.177 e. The van der Waals surface area contributed by atoms with Crippen molar-refractivity contribution in [1.29, 1.82) is 0 Å². The molecule has 0 amide bonds. The van der Waals surface area contributed by atoms with Gasteiger partial charge in [-0.15, -0.1) is 0 Å². The largest absolute Gasteiger partial charge is 0.377 e. The van der Waals surface area contributed by atoms with Gasteiger partial charge in [0.2, 0.25) is 0 Å². The van der Waals surface area contributed by atoms with Crippen molar-refractivity contribution in [3.8, 4) is 5.69 Å². The number of hydrogen-bond donors (Lipinski definition) is 1. The van der Waals surface area contributed by atoms with Crippen molar-refractivity contribution in [1.82, 2.24) is 9.78 Å². The molecule has 6 nitrogen and oxygen atoms in total. The predicted molar refractivity (Wildman–Crippen MR) is 84.1 cm³/mol. The quantitative estimate of drug-likeness (QED) is 0.930. The second kappa shape index (κ2) is 5.73. The predicted octanol–water partition coefficient (Wildman–Crippen LogP) is 1.87. The lowest BCUT2D eigenvalue weighted by Gasteiger charge is -2.15. The van der Waals surface area contributed by atoms with Gasteiger partial charge in [-0.3, -0.25) is 0 Å². The van der Waals surface area contributed by atoms with Crippen molar-refractivity contribution in [2.24, 2.45) is 0 Å². The van der Waals surface area contributed by atoms with Crippen molar-refractivity contribution < 1.29 is 13.2 Å². The molecule has 0 bridgehead atoms. The summed E-state index contributed by atoms with van der Waals surface area (Å²) in [5, 5.41) is 7.66. The highest BCUT2D eigenvalue weighted by molar-refractivity contribution is 7.90. The van der Waals surface area contributed by atoms with E-state index in [0.29, 0.717) is 5.69 Å². The Kier molecular flexibility index (Phi) is 3.92. The summed E-state index contributed by atoms with van der Waals surface area (Å²) in [5.41, 5.74) is 1.40. The summed E-state index contributed by atoms with van der Waals surface area (Å²) in [5.74, 6) is 0. The van der Waals surface area contributed by atoms with Gasteiger partial charge in [0, 0.05) is 12.9 Å². The molecule has 2 heterocycles. The molecular formula is C15H19N3O3S. The summed E-state index contributed by atoms with van der Waals surface area (Å²) >= 11 is 0. The molecular weight excluding hydrogens is 302 g/mol. The Morgan fingerprint density at radius 3 is 2.82 bits per heavy atom. The minimum absolute atomic E-state index is 0.159. The molecule has 0 unspecified atom stereocenters. The molecule has 22 heavy (non-hydrogen) atoms. The van der Waals surface area contributed by atoms with Gasteiger partial charge in [-0.25, -0.2) is 13.1 Å². The van der Waals surface area contributed by atoms with E-state index in [2.05, 4.69) is 10.4 Å². The van der Waals surface area contributed by atoms with Gasteiger partial charge in [-0.1, -0.05) is 12.1 Å². The lowest BCUT2D eigenvalue weighted by molar-refractivity contribution is 0.121. The molecule has 0 saturated carbocycles. The molecule has 1 aliphatic heterocycles. The summed E-state index contributed by atoms with van der Waals surface area (Å²) in [7, 11) is -3.30. The molecule has 1 aliphatic rings. The Hall–Kier alpha value is -1.86. The van der Waals surface area contributed by atoms with E-state index in [0.717, 1.165) is 18.7 Å². The van der Waals surface area contributed by atoms with Crippen LogP contribution in [0.25, 0.3) is 5.69 Å². The van der Waals surface area contributed by atoms with Crippen LogP contribution in [0.3, 0.4) is 0 Å². The third-order valence-electron chi connectivity index (χ3n) is 3.82. The lowest BCUT2D eigenvalue weighted by atomic mass is 10.1. The molecule has 1 aromatic carbocycles. The molecule has 0 radical (unpaired) electrons.